The van der Waals surface area contributed by atoms with Crippen molar-refractivity contribution in [2.45, 2.75) is 0 Å². The molecule has 2 aromatic carbocycles. The second kappa shape index (κ2) is 7.94. The first-order chi connectivity index (χ1) is 15.0. The Balaban J connectivity index is 2.05. The van der Waals surface area contributed by atoms with E-state index in [-0.39, 0.29) is 5.71 Å². The van der Waals surface area contributed by atoms with Crippen LogP contribution in [0.3, 0.4) is 0 Å². The van der Waals surface area contributed by atoms with Crippen LogP contribution in [0.4, 0.5) is 5.69 Å². The van der Waals surface area contributed by atoms with Crippen LogP contribution in [0.2, 0.25) is 0 Å². The number of nitrogens with two attached hydrogens (primary N) is 1. The summed E-state index contributed by atoms with van der Waals surface area (Å²) in [5.41, 5.74) is 8.42. The number of nitrogens with one attached hydrogen (secondary N) is 1. The standard InChI is InChI=1S/C22H21N3O6/c1-27-15-6-5-11(7-14(15)23)19-18(13-10-24-22(26)25-21(13)31-19)12-8-16(28-2)20(30-4)17(9-12)29-3/h5-10H,23H2,1-4H3,(H,24,25,26). The van der Waals surface area contributed by atoms with E-state index in [1.165, 1.54) is 13.3 Å². The molecule has 3 N–H and O–H groups in total. The molecule has 0 saturated heterocycles. The lowest BCUT2D eigenvalue weighted by Crippen LogP contribution is -2.07. The summed E-state index contributed by atoms with van der Waals surface area (Å²) in [6.07, 6.45) is 1.46. The molecule has 0 unspecified atom stereocenters. The highest BCUT2D eigenvalue weighted by molar-refractivity contribution is 6.01. The van der Waals surface area contributed by atoms with Gasteiger partial charge in [-0.05, 0) is 35.9 Å². The number of nitrogens with zero attached hydrogens (tertiary/aromatic N) is 1. The number of nitrogen functional groups attached to an aromatic ring is 1. The van der Waals surface area contributed by atoms with Gasteiger partial charge in [-0.2, -0.15) is 0 Å². The second-order valence-electron chi connectivity index (χ2n) is 6.61. The molecule has 9 heteroatoms. The van der Waals surface area contributed by atoms with E-state index in [9.17, 15) is 4.79 Å². The van der Waals surface area contributed by atoms with E-state index in [0.717, 1.165) is 0 Å². The van der Waals surface area contributed by atoms with Gasteiger partial charge in [-0.15, -0.1) is 0 Å². The summed E-state index contributed by atoms with van der Waals surface area (Å²) in [6.45, 7) is 0. The smallest absolute Gasteiger partial charge is 0.347 e. The number of hydrogen-bond donors (Lipinski definition) is 2. The average Bonchev–Trinajstić information content (AvgIpc) is 3.16. The van der Waals surface area contributed by atoms with Crippen molar-refractivity contribution in [1.82, 2.24) is 9.97 Å². The first-order valence-electron chi connectivity index (χ1n) is 9.26. The zero-order chi connectivity index (χ0) is 22.1. The van der Waals surface area contributed by atoms with Gasteiger partial charge in [0.15, 0.2) is 11.5 Å². The molecule has 160 valence electrons. The van der Waals surface area contributed by atoms with E-state index >= 15 is 0 Å². The van der Waals surface area contributed by atoms with Crippen molar-refractivity contribution in [3.63, 3.8) is 0 Å². The number of hydrogen-bond acceptors (Lipinski definition) is 8. The third-order valence-electron chi connectivity index (χ3n) is 4.92. The molecular formula is C22H21N3O6. The number of benzene rings is 2. The number of rotatable bonds is 6. The van der Waals surface area contributed by atoms with E-state index in [4.69, 9.17) is 29.1 Å². The van der Waals surface area contributed by atoms with Crippen LogP contribution >= 0.6 is 0 Å². The molecule has 0 fully saturated rings. The van der Waals surface area contributed by atoms with Crippen LogP contribution in [0.1, 0.15) is 0 Å². The second-order valence-corrected chi connectivity index (χ2v) is 6.61. The zero-order valence-corrected chi connectivity index (χ0v) is 17.4. The minimum atomic E-state index is -0.515. The number of aromatic amines is 1. The molecule has 0 radical (unpaired) electrons. The van der Waals surface area contributed by atoms with Gasteiger partial charge < -0.3 is 29.1 Å². The molecule has 0 spiro atoms. The van der Waals surface area contributed by atoms with Crippen molar-refractivity contribution in [2.24, 2.45) is 0 Å². The third-order valence-corrected chi connectivity index (χ3v) is 4.92. The van der Waals surface area contributed by atoms with Crippen LogP contribution in [0.15, 0.2) is 45.7 Å². The topological polar surface area (TPSA) is 122 Å². The molecule has 0 saturated carbocycles. The Morgan fingerprint density at radius 3 is 2.16 bits per heavy atom. The van der Waals surface area contributed by atoms with Gasteiger partial charge in [-0.3, -0.25) is 4.98 Å². The summed E-state index contributed by atoms with van der Waals surface area (Å²) >= 11 is 0. The Labute approximate surface area is 177 Å². The maximum atomic E-state index is 11.8. The molecule has 0 aliphatic carbocycles. The molecule has 4 rings (SSSR count). The highest BCUT2D eigenvalue weighted by Crippen LogP contribution is 2.46. The number of ether oxygens (including phenoxy) is 4. The summed E-state index contributed by atoms with van der Waals surface area (Å²) in [5.74, 6) is 2.45. The van der Waals surface area contributed by atoms with Crippen molar-refractivity contribution in [3.05, 3.63) is 47.0 Å². The van der Waals surface area contributed by atoms with Gasteiger partial charge in [0.2, 0.25) is 11.5 Å². The van der Waals surface area contributed by atoms with Crippen LogP contribution in [0.25, 0.3) is 33.6 Å². The van der Waals surface area contributed by atoms with Gasteiger partial charge in [0.1, 0.15) is 11.5 Å². The number of anilines is 1. The minimum Gasteiger partial charge on any atom is -0.495 e. The molecule has 0 atom stereocenters. The normalized spacial score (nSPS) is 10.8. The predicted molar refractivity (Wildman–Crippen MR) is 116 cm³/mol. The summed E-state index contributed by atoms with van der Waals surface area (Å²) in [7, 11) is 6.16. The summed E-state index contributed by atoms with van der Waals surface area (Å²) in [5, 5.41) is 0.610. The van der Waals surface area contributed by atoms with Gasteiger partial charge in [0.05, 0.1) is 39.5 Å². The van der Waals surface area contributed by atoms with Crippen molar-refractivity contribution in [1.29, 1.82) is 0 Å². The van der Waals surface area contributed by atoms with Gasteiger partial charge >= 0.3 is 5.69 Å². The van der Waals surface area contributed by atoms with E-state index in [1.54, 1.807) is 45.6 Å². The molecule has 2 aromatic heterocycles. The van der Waals surface area contributed by atoms with E-state index in [2.05, 4.69) is 9.97 Å². The SMILES string of the molecule is COc1ccc(-c2oc3[nH]c(=O)ncc3c2-c2cc(OC)c(OC)c(OC)c2)cc1N. The van der Waals surface area contributed by atoms with Crippen molar-refractivity contribution >= 4 is 16.8 Å². The van der Waals surface area contributed by atoms with Gasteiger partial charge in [0.25, 0.3) is 0 Å². The number of furan rings is 1. The van der Waals surface area contributed by atoms with E-state index < -0.39 is 5.69 Å². The van der Waals surface area contributed by atoms with Crippen LogP contribution in [-0.2, 0) is 0 Å². The maximum absolute atomic E-state index is 11.8. The molecular weight excluding hydrogens is 402 g/mol. The highest BCUT2D eigenvalue weighted by Gasteiger charge is 2.23. The lowest BCUT2D eigenvalue weighted by atomic mass is 9.98. The summed E-state index contributed by atoms with van der Waals surface area (Å²) in [6, 6.07) is 8.90. The fourth-order valence-corrected chi connectivity index (χ4v) is 3.50. The van der Waals surface area contributed by atoms with Crippen LogP contribution in [-0.4, -0.2) is 38.4 Å². The summed E-state index contributed by atoms with van der Waals surface area (Å²) in [4.78, 5) is 18.3. The monoisotopic (exact) mass is 423 g/mol. The lowest BCUT2D eigenvalue weighted by Gasteiger charge is -2.14. The first kappa shape index (κ1) is 20.1. The molecule has 31 heavy (non-hydrogen) atoms. The number of fused-ring (bicyclic) bond motifs is 1. The quantitative estimate of drug-likeness (QED) is 0.452. The Morgan fingerprint density at radius 2 is 1.58 bits per heavy atom. The Kier molecular flexibility index (Phi) is 5.16. The molecule has 0 bridgehead atoms. The number of methoxy groups -OCH3 is 4. The Morgan fingerprint density at radius 1 is 0.903 bits per heavy atom. The molecule has 2 heterocycles. The van der Waals surface area contributed by atoms with Crippen LogP contribution < -0.4 is 30.4 Å². The van der Waals surface area contributed by atoms with E-state index in [1.807, 2.05) is 6.07 Å². The largest absolute Gasteiger partial charge is 0.495 e. The first-order valence-corrected chi connectivity index (χ1v) is 9.26. The zero-order valence-electron chi connectivity index (χ0n) is 17.4. The Bertz CT molecular complexity index is 1300. The molecule has 0 amide bonds. The van der Waals surface area contributed by atoms with Crippen molar-refractivity contribution in [2.75, 3.05) is 34.2 Å². The fourth-order valence-electron chi connectivity index (χ4n) is 3.50. The van der Waals surface area contributed by atoms with Gasteiger partial charge in [0, 0.05) is 17.3 Å². The maximum Gasteiger partial charge on any atom is 0.347 e. The van der Waals surface area contributed by atoms with Gasteiger partial charge in [-0.25, -0.2) is 9.78 Å². The predicted octanol–water partition coefficient (Wildman–Crippen LogP) is 3.47. The minimum absolute atomic E-state index is 0.285. The number of aromatic nitrogens is 2. The van der Waals surface area contributed by atoms with Crippen molar-refractivity contribution < 1.29 is 23.4 Å². The Hall–Kier alpha value is -4.14. The van der Waals surface area contributed by atoms with E-state index in [0.29, 0.717) is 56.5 Å². The molecule has 4 aromatic rings. The van der Waals surface area contributed by atoms with Crippen molar-refractivity contribution in [3.8, 4) is 45.4 Å². The molecule has 0 aliphatic rings. The lowest BCUT2D eigenvalue weighted by molar-refractivity contribution is 0.324. The fraction of sp³-hybridized carbons (Fsp3) is 0.182. The highest BCUT2D eigenvalue weighted by atomic mass is 16.5. The molecule has 9 nitrogen and oxygen atoms in total. The van der Waals surface area contributed by atoms with Gasteiger partial charge in [-0.1, -0.05) is 0 Å². The van der Waals surface area contributed by atoms with Crippen LogP contribution in [0, 0.1) is 0 Å². The summed E-state index contributed by atoms with van der Waals surface area (Å²) < 4.78 is 27.7. The number of H-pyrrole nitrogens is 1. The third kappa shape index (κ3) is 3.39. The van der Waals surface area contributed by atoms with Crippen LogP contribution in [0.5, 0.6) is 23.0 Å². The molecule has 0 aliphatic heterocycles. The average molecular weight is 423 g/mol.